The molecule has 0 fully saturated rings. The summed E-state index contributed by atoms with van der Waals surface area (Å²) in [5.74, 6) is 1.14. The zero-order valence-corrected chi connectivity index (χ0v) is 13.8. The summed E-state index contributed by atoms with van der Waals surface area (Å²) in [5, 5.41) is 1.57. The summed E-state index contributed by atoms with van der Waals surface area (Å²) in [5.41, 5.74) is 6.77. The Morgan fingerprint density at radius 2 is 1.91 bits per heavy atom. The van der Waals surface area contributed by atoms with Crippen molar-refractivity contribution in [2.75, 3.05) is 6.61 Å². The van der Waals surface area contributed by atoms with Crippen molar-refractivity contribution in [3.63, 3.8) is 0 Å². The van der Waals surface area contributed by atoms with Crippen LogP contribution in [0.15, 0.2) is 29.1 Å². The van der Waals surface area contributed by atoms with E-state index in [0.717, 1.165) is 29.7 Å². The van der Waals surface area contributed by atoms with Crippen LogP contribution in [0.2, 0.25) is 0 Å². The van der Waals surface area contributed by atoms with E-state index in [-0.39, 0.29) is 5.56 Å². The second kappa shape index (κ2) is 7.45. The molecule has 0 unspecified atom stereocenters. The van der Waals surface area contributed by atoms with Crippen LogP contribution in [0, 0.1) is 5.92 Å². The zero-order valence-electron chi connectivity index (χ0n) is 13.8. The summed E-state index contributed by atoms with van der Waals surface area (Å²) in [6, 6.07) is 7.63. The number of pyridine rings is 1. The Balaban J connectivity index is 2.66. The number of ether oxygens (including phenoxy) is 1. The lowest BCUT2D eigenvalue weighted by atomic mass is 10.1. The highest BCUT2D eigenvalue weighted by atomic mass is 16.5. The van der Waals surface area contributed by atoms with Crippen molar-refractivity contribution < 1.29 is 4.74 Å². The normalized spacial score (nSPS) is 11.3. The Hall–Kier alpha value is -1.81. The Labute approximate surface area is 131 Å². The molecular formula is C18H26N2O2. The zero-order chi connectivity index (χ0) is 16.1. The van der Waals surface area contributed by atoms with Gasteiger partial charge in [0.25, 0.3) is 5.56 Å². The number of hydrogen-bond acceptors (Lipinski definition) is 3. The van der Waals surface area contributed by atoms with E-state index in [4.69, 9.17) is 10.5 Å². The van der Waals surface area contributed by atoms with E-state index in [1.165, 1.54) is 0 Å². The second-order valence-corrected chi connectivity index (χ2v) is 6.04. The fourth-order valence-corrected chi connectivity index (χ4v) is 2.65. The van der Waals surface area contributed by atoms with Crippen molar-refractivity contribution in [3.8, 4) is 5.75 Å². The van der Waals surface area contributed by atoms with Gasteiger partial charge in [-0.15, -0.1) is 0 Å². The summed E-state index contributed by atoms with van der Waals surface area (Å²) in [6.07, 6.45) is 2.06. The number of rotatable bonds is 7. The third-order valence-corrected chi connectivity index (χ3v) is 3.72. The van der Waals surface area contributed by atoms with Gasteiger partial charge in [-0.25, -0.2) is 0 Å². The molecule has 120 valence electrons. The topological polar surface area (TPSA) is 57.2 Å². The third-order valence-electron chi connectivity index (χ3n) is 3.72. The molecule has 0 spiro atoms. The van der Waals surface area contributed by atoms with Crippen LogP contribution in [0.25, 0.3) is 10.8 Å². The van der Waals surface area contributed by atoms with E-state index in [1.807, 2.05) is 24.3 Å². The maximum atomic E-state index is 12.8. The first kappa shape index (κ1) is 16.6. The minimum Gasteiger partial charge on any atom is -0.491 e. The maximum absolute atomic E-state index is 12.8. The van der Waals surface area contributed by atoms with Gasteiger partial charge in [0, 0.05) is 18.5 Å². The molecule has 0 bridgehead atoms. The first-order valence-electron chi connectivity index (χ1n) is 8.07. The van der Waals surface area contributed by atoms with Crippen molar-refractivity contribution in [3.05, 3.63) is 40.3 Å². The molecule has 0 amide bonds. The van der Waals surface area contributed by atoms with Gasteiger partial charge in [0.15, 0.2) is 0 Å². The van der Waals surface area contributed by atoms with Gasteiger partial charge < -0.3 is 15.0 Å². The summed E-state index contributed by atoms with van der Waals surface area (Å²) >= 11 is 0. The molecule has 2 N–H and O–H groups in total. The largest absolute Gasteiger partial charge is 0.491 e. The molecule has 2 aromatic rings. The van der Waals surface area contributed by atoms with Gasteiger partial charge in [0.05, 0.1) is 17.7 Å². The number of nitrogens with two attached hydrogens (primary N) is 1. The number of hydrogen-bond donors (Lipinski definition) is 1. The summed E-state index contributed by atoms with van der Waals surface area (Å²) in [4.78, 5) is 12.8. The highest BCUT2D eigenvalue weighted by molar-refractivity contribution is 5.88. The van der Waals surface area contributed by atoms with Crippen LogP contribution in [0.1, 0.15) is 39.3 Å². The fraction of sp³-hybridized carbons (Fsp3) is 0.500. The van der Waals surface area contributed by atoms with Crippen LogP contribution < -0.4 is 16.0 Å². The van der Waals surface area contributed by atoms with E-state index in [9.17, 15) is 4.79 Å². The Morgan fingerprint density at radius 3 is 2.50 bits per heavy atom. The smallest absolute Gasteiger partial charge is 0.258 e. The molecule has 1 aromatic heterocycles. The molecule has 1 aromatic carbocycles. The molecule has 0 atom stereocenters. The molecule has 0 aliphatic rings. The third kappa shape index (κ3) is 3.33. The summed E-state index contributed by atoms with van der Waals surface area (Å²) < 4.78 is 7.81. The van der Waals surface area contributed by atoms with Crippen LogP contribution >= 0.6 is 0 Å². The Kier molecular flexibility index (Phi) is 5.61. The highest BCUT2D eigenvalue weighted by Crippen LogP contribution is 2.28. The molecular weight excluding hydrogens is 276 g/mol. The predicted molar refractivity (Wildman–Crippen MR) is 91.3 cm³/mol. The average Bonchev–Trinajstić information content (AvgIpc) is 2.51. The van der Waals surface area contributed by atoms with Crippen molar-refractivity contribution in [1.82, 2.24) is 4.57 Å². The molecule has 0 aliphatic carbocycles. The highest BCUT2D eigenvalue weighted by Gasteiger charge is 2.17. The van der Waals surface area contributed by atoms with Gasteiger partial charge in [0.1, 0.15) is 5.75 Å². The monoisotopic (exact) mass is 302 g/mol. The quantitative estimate of drug-likeness (QED) is 0.798. The van der Waals surface area contributed by atoms with Gasteiger partial charge >= 0.3 is 0 Å². The van der Waals surface area contributed by atoms with Crippen LogP contribution in [-0.2, 0) is 13.1 Å². The molecule has 0 radical (unpaired) electrons. The van der Waals surface area contributed by atoms with Crippen molar-refractivity contribution in [2.24, 2.45) is 11.7 Å². The minimum absolute atomic E-state index is 0.0209. The molecule has 4 heteroatoms. The van der Waals surface area contributed by atoms with Crippen LogP contribution in [0.3, 0.4) is 0 Å². The Morgan fingerprint density at radius 1 is 1.23 bits per heavy atom. The fourth-order valence-electron chi connectivity index (χ4n) is 2.65. The van der Waals surface area contributed by atoms with E-state index >= 15 is 0 Å². The lowest BCUT2D eigenvalue weighted by Crippen LogP contribution is -2.28. The van der Waals surface area contributed by atoms with Crippen molar-refractivity contribution in [2.45, 2.75) is 46.7 Å². The van der Waals surface area contributed by atoms with E-state index < -0.39 is 0 Å². The van der Waals surface area contributed by atoms with Crippen molar-refractivity contribution in [1.29, 1.82) is 0 Å². The Bertz CT molecular complexity index is 689. The molecule has 0 saturated carbocycles. The number of fused-ring (bicyclic) bond motifs is 1. The van der Waals surface area contributed by atoms with Crippen LogP contribution in [-0.4, -0.2) is 11.2 Å². The minimum atomic E-state index is 0.0209. The number of unbranched alkanes of at least 4 members (excludes halogenated alkanes) is 1. The molecule has 0 aliphatic heterocycles. The van der Waals surface area contributed by atoms with Gasteiger partial charge in [-0.1, -0.05) is 45.4 Å². The van der Waals surface area contributed by atoms with Gasteiger partial charge in [-0.2, -0.15) is 0 Å². The molecule has 2 rings (SSSR count). The van der Waals surface area contributed by atoms with Gasteiger partial charge in [-0.3, -0.25) is 4.79 Å². The lowest BCUT2D eigenvalue weighted by molar-refractivity contribution is 0.304. The van der Waals surface area contributed by atoms with Crippen LogP contribution in [0.5, 0.6) is 5.75 Å². The molecule has 0 saturated heterocycles. The van der Waals surface area contributed by atoms with Gasteiger partial charge in [0.2, 0.25) is 0 Å². The first-order valence-corrected chi connectivity index (χ1v) is 8.07. The van der Waals surface area contributed by atoms with Crippen LogP contribution in [0.4, 0.5) is 0 Å². The lowest BCUT2D eigenvalue weighted by Gasteiger charge is -2.20. The SMILES string of the molecule is CCCCOc1c(CN)n(CC(C)C)c(=O)c2ccccc12. The second-order valence-electron chi connectivity index (χ2n) is 6.04. The first-order chi connectivity index (χ1) is 10.6. The standard InChI is InChI=1S/C18H26N2O2/c1-4-5-10-22-17-14-8-6-7-9-15(14)18(21)20(12-13(2)3)16(17)11-19/h6-9,13H,4-5,10-12,19H2,1-3H3. The van der Waals surface area contributed by atoms with E-state index in [0.29, 0.717) is 31.0 Å². The summed E-state index contributed by atoms with van der Waals surface area (Å²) in [6.45, 7) is 7.92. The predicted octanol–water partition coefficient (Wildman–Crippen LogP) is 3.30. The van der Waals surface area contributed by atoms with E-state index in [1.54, 1.807) is 4.57 Å². The number of benzene rings is 1. The molecule has 1 heterocycles. The number of aromatic nitrogens is 1. The van der Waals surface area contributed by atoms with E-state index in [2.05, 4.69) is 20.8 Å². The maximum Gasteiger partial charge on any atom is 0.258 e. The number of nitrogens with zero attached hydrogens (tertiary/aromatic N) is 1. The molecule has 4 nitrogen and oxygen atoms in total. The van der Waals surface area contributed by atoms with Crippen molar-refractivity contribution >= 4 is 10.8 Å². The molecule has 22 heavy (non-hydrogen) atoms. The van der Waals surface area contributed by atoms with Gasteiger partial charge in [-0.05, 0) is 18.4 Å². The average molecular weight is 302 g/mol. The summed E-state index contributed by atoms with van der Waals surface area (Å²) in [7, 11) is 0.